The zero-order valence-corrected chi connectivity index (χ0v) is 13.9. The van der Waals surface area contributed by atoms with E-state index in [1.807, 2.05) is 36.9 Å². The minimum absolute atomic E-state index is 0.0513. The summed E-state index contributed by atoms with van der Waals surface area (Å²) in [5, 5.41) is 15.1. The summed E-state index contributed by atoms with van der Waals surface area (Å²) in [7, 11) is 0. The van der Waals surface area contributed by atoms with Gasteiger partial charge in [0.25, 0.3) is 0 Å². The van der Waals surface area contributed by atoms with Gasteiger partial charge in [-0.2, -0.15) is 5.10 Å². The molecule has 6 heteroatoms. The number of aliphatic hydroxyl groups excluding tert-OH is 1. The molecule has 1 aromatic carbocycles. The van der Waals surface area contributed by atoms with E-state index >= 15 is 0 Å². The van der Waals surface area contributed by atoms with Crippen molar-refractivity contribution >= 4 is 10.9 Å². The minimum Gasteiger partial charge on any atom is -0.491 e. The molecule has 0 saturated heterocycles. The molecule has 0 fully saturated rings. The summed E-state index contributed by atoms with van der Waals surface area (Å²) in [6, 6.07) is 3.98. The summed E-state index contributed by atoms with van der Waals surface area (Å²) in [5.41, 5.74) is 2.10. The Bertz CT molecular complexity index is 668. The van der Waals surface area contributed by atoms with Gasteiger partial charge in [0, 0.05) is 24.0 Å². The Kier molecular flexibility index (Phi) is 4.84. The summed E-state index contributed by atoms with van der Waals surface area (Å²) in [5.74, 6) is 0.869. The molecular formula is C17H24N2O4. The van der Waals surface area contributed by atoms with Gasteiger partial charge in [-0.15, -0.1) is 0 Å². The van der Waals surface area contributed by atoms with Crippen molar-refractivity contribution in [3.05, 3.63) is 23.9 Å². The molecule has 2 unspecified atom stereocenters. The average molecular weight is 320 g/mol. The summed E-state index contributed by atoms with van der Waals surface area (Å²) in [4.78, 5) is 0. The molecule has 0 amide bonds. The summed E-state index contributed by atoms with van der Waals surface area (Å²) in [6.45, 7) is 7.20. The predicted octanol–water partition coefficient (Wildman–Crippen LogP) is 2.12. The topological polar surface area (TPSA) is 65.7 Å². The van der Waals surface area contributed by atoms with Crippen LogP contribution >= 0.6 is 0 Å². The van der Waals surface area contributed by atoms with E-state index in [4.69, 9.17) is 14.2 Å². The maximum atomic E-state index is 9.68. The van der Waals surface area contributed by atoms with Crippen molar-refractivity contribution in [2.24, 2.45) is 0 Å². The molecule has 6 nitrogen and oxygen atoms in total. The highest BCUT2D eigenvalue weighted by molar-refractivity contribution is 5.84. The summed E-state index contributed by atoms with van der Waals surface area (Å²) < 4.78 is 19.1. The molecule has 0 aliphatic carbocycles. The van der Waals surface area contributed by atoms with Crippen molar-refractivity contribution in [1.29, 1.82) is 0 Å². The number of aliphatic hydroxyl groups is 1. The highest BCUT2D eigenvalue weighted by Gasteiger charge is 2.26. The molecule has 0 radical (unpaired) electrons. The summed E-state index contributed by atoms with van der Waals surface area (Å²) >= 11 is 0. The normalized spacial score (nSPS) is 20.1. The molecule has 0 saturated carbocycles. The fraction of sp³-hybridized carbons (Fsp3) is 0.588. The Balaban J connectivity index is 1.88. The lowest BCUT2D eigenvalue weighted by Gasteiger charge is -2.28. The van der Waals surface area contributed by atoms with Crippen molar-refractivity contribution in [2.75, 3.05) is 13.2 Å². The summed E-state index contributed by atoms with van der Waals surface area (Å²) in [6.07, 6.45) is 1.81. The van der Waals surface area contributed by atoms with Gasteiger partial charge in [0.15, 0.2) is 6.29 Å². The molecule has 3 rings (SSSR count). The third kappa shape index (κ3) is 3.49. The molecule has 1 aliphatic heterocycles. The second kappa shape index (κ2) is 6.86. The van der Waals surface area contributed by atoms with E-state index in [1.165, 1.54) is 0 Å². The fourth-order valence-corrected chi connectivity index (χ4v) is 3.06. The van der Waals surface area contributed by atoms with Crippen LogP contribution in [0.5, 0.6) is 5.75 Å². The van der Waals surface area contributed by atoms with Crippen LogP contribution in [-0.4, -0.2) is 46.6 Å². The van der Waals surface area contributed by atoms with Crippen LogP contribution in [0.2, 0.25) is 0 Å². The quantitative estimate of drug-likeness (QED) is 0.826. The van der Waals surface area contributed by atoms with Gasteiger partial charge in [-0.05, 0) is 32.9 Å². The number of hydrogen-bond acceptors (Lipinski definition) is 5. The minimum atomic E-state index is -0.455. The Labute approximate surface area is 135 Å². The first-order valence-corrected chi connectivity index (χ1v) is 8.13. The van der Waals surface area contributed by atoms with E-state index < -0.39 is 6.10 Å². The standard InChI is InChI=1S/C17H24N2O4/c1-4-21-12(3)23-14-7-15-16(22-10-14)6-5-13-8-18-19(17(13)15)9-11(2)20/h5-6,8,11-12,14,20H,4,7,9-10H2,1-3H3/t11?,12-,14?/m0/s1. The SMILES string of the molecule is CCO[C@H](C)OC1COc2ccc3cnn(CC(C)O)c3c2C1. The lowest BCUT2D eigenvalue weighted by Crippen LogP contribution is -2.33. The number of nitrogens with zero attached hydrogens (tertiary/aromatic N) is 2. The first-order valence-electron chi connectivity index (χ1n) is 8.13. The molecule has 3 atom stereocenters. The number of aromatic nitrogens is 2. The molecule has 2 heterocycles. The molecule has 1 aromatic heterocycles. The second-order valence-electron chi connectivity index (χ2n) is 5.95. The smallest absolute Gasteiger partial charge is 0.155 e. The molecule has 0 spiro atoms. The van der Waals surface area contributed by atoms with E-state index in [2.05, 4.69) is 5.10 Å². The van der Waals surface area contributed by atoms with Crippen LogP contribution in [0, 0.1) is 0 Å². The van der Waals surface area contributed by atoms with Crippen LogP contribution in [0.25, 0.3) is 10.9 Å². The molecule has 1 aliphatic rings. The highest BCUT2D eigenvalue weighted by atomic mass is 16.7. The Morgan fingerprint density at radius 3 is 3.00 bits per heavy atom. The van der Waals surface area contributed by atoms with Crippen LogP contribution in [0.3, 0.4) is 0 Å². The van der Waals surface area contributed by atoms with Crippen molar-refractivity contribution < 1.29 is 19.3 Å². The van der Waals surface area contributed by atoms with E-state index in [0.717, 1.165) is 28.6 Å². The predicted molar refractivity (Wildman–Crippen MR) is 86.6 cm³/mol. The zero-order valence-electron chi connectivity index (χ0n) is 13.9. The Morgan fingerprint density at radius 1 is 1.43 bits per heavy atom. The van der Waals surface area contributed by atoms with Gasteiger partial charge in [0.1, 0.15) is 12.4 Å². The van der Waals surface area contributed by atoms with Crippen molar-refractivity contribution in [2.45, 2.75) is 52.2 Å². The molecule has 2 aromatic rings. The number of fused-ring (bicyclic) bond motifs is 3. The van der Waals surface area contributed by atoms with Gasteiger partial charge >= 0.3 is 0 Å². The molecule has 0 bridgehead atoms. The van der Waals surface area contributed by atoms with Gasteiger partial charge < -0.3 is 19.3 Å². The van der Waals surface area contributed by atoms with Crippen molar-refractivity contribution in [3.8, 4) is 5.75 Å². The van der Waals surface area contributed by atoms with Gasteiger partial charge in [-0.3, -0.25) is 4.68 Å². The third-order valence-electron chi connectivity index (χ3n) is 3.94. The van der Waals surface area contributed by atoms with Crippen LogP contribution in [0.1, 0.15) is 26.3 Å². The van der Waals surface area contributed by atoms with Crippen LogP contribution in [-0.2, 0) is 22.4 Å². The van der Waals surface area contributed by atoms with Crippen LogP contribution < -0.4 is 4.74 Å². The van der Waals surface area contributed by atoms with Gasteiger partial charge in [-0.1, -0.05) is 0 Å². The molecular weight excluding hydrogens is 296 g/mol. The highest BCUT2D eigenvalue weighted by Crippen LogP contribution is 2.33. The Morgan fingerprint density at radius 2 is 2.26 bits per heavy atom. The lowest BCUT2D eigenvalue weighted by molar-refractivity contribution is -0.165. The van der Waals surface area contributed by atoms with Crippen molar-refractivity contribution in [3.63, 3.8) is 0 Å². The van der Waals surface area contributed by atoms with E-state index in [1.54, 1.807) is 6.92 Å². The van der Waals surface area contributed by atoms with Crippen LogP contribution in [0.15, 0.2) is 18.3 Å². The third-order valence-corrected chi connectivity index (χ3v) is 3.94. The molecule has 23 heavy (non-hydrogen) atoms. The van der Waals surface area contributed by atoms with Crippen LogP contribution in [0.4, 0.5) is 0 Å². The first kappa shape index (κ1) is 16.2. The van der Waals surface area contributed by atoms with Gasteiger partial charge in [0.05, 0.1) is 30.5 Å². The van der Waals surface area contributed by atoms with E-state index in [9.17, 15) is 5.11 Å². The Hall–Kier alpha value is -1.63. The maximum absolute atomic E-state index is 9.68. The van der Waals surface area contributed by atoms with E-state index in [-0.39, 0.29) is 12.4 Å². The zero-order chi connectivity index (χ0) is 16.4. The van der Waals surface area contributed by atoms with Crippen molar-refractivity contribution in [1.82, 2.24) is 9.78 Å². The van der Waals surface area contributed by atoms with Gasteiger partial charge in [0.2, 0.25) is 0 Å². The average Bonchev–Trinajstić information content (AvgIpc) is 2.90. The number of ether oxygens (including phenoxy) is 3. The lowest BCUT2D eigenvalue weighted by atomic mass is 10.0. The number of benzene rings is 1. The monoisotopic (exact) mass is 320 g/mol. The number of rotatable bonds is 6. The molecule has 1 N–H and O–H groups in total. The second-order valence-corrected chi connectivity index (χ2v) is 5.95. The van der Waals surface area contributed by atoms with Gasteiger partial charge in [-0.25, -0.2) is 0 Å². The fourth-order valence-electron chi connectivity index (χ4n) is 3.06. The number of hydrogen-bond donors (Lipinski definition) is 1. The molecule has 126 valence electrons. The van der Waals surface area contributed by atoms with E-state index in [0.29, 0.717) is 19.8 Å². The maximum Gasteiger partial charge on any atom is 0.155 e. The largest absolute Gasteiger partial charge is 0.491 e. The first-order chi connectivity index (χ1) is 11.1.